The van der Waals surface area contributed by atoms with Gasteiger partial charge < -0.3 is 15.4 Å². The average molecular weight is 292 g/mol. The van der Waals surface area contributed by atoms with Crippen LogP contribution in [0.25, 0.3) is 0 Å². The van der Waals surface area contributed by atoms with Crippen molar-refractivity contribution in [1.82, 2.24) is 10.6 Å². The van der Waals surface area contributed by atoms with Crippen molar-refractivity contribution in [3.05, 3.63) is 29.8 Å². The minimum absolute atomic E-state index is 0.0423. The van der Waals surface area contributed by atoms with E-state index in [1.54, 1.807) is 7.11 Å². The molecule has 1 aromatic carbocycles. The van der Waals surface area contributed by atoms with Gasteiger partial charge in [0.05, 0.1) is 13.7 Å². The molecule has 116 valence electrons. The van der Waals surface area contributed by atoms with E-state index in [1.165, 1.54) is 0 Å². The van der Waals surface area contributed by atoms with Gasteiger partial charge in [-0.25, -0.2) is 0 Å². The zero-order valence-electron chi connectivity index (χ0n) is 12.8. The van der Waals surface area contributed by atoms with E-state index in [9.17, 15) is 9.59 Å². The first kappa shape index (κ1) is 17.0. The van der Waals surface area contributed by atoms with Crippen LogP contribution in [0.2, 0.25) is 0 Å². The second-order valence-corrected chi connectivity index (χ2v) is 4.83. The molecule has 21 heavy (non-hydrogen) atoms. The van der Waals surface area contributed by atoms with Crippen molar-refractivity contribution >= 4 is 11.8 Å². The number of benzene rings is 1. The van der Waals surface area contributed by atoms with E-state index in [2.05, 4.69) is 10.6 Å². The number of nitrogens with one attached hydrogen (secondary N) is 2. The molecule has 0 saturated heterocycles. The monoisotopic (exact) mass is 292 g/mol. The summed E-state index contributed by atoms with van der Waals surface area (Å²) in [6.45, 7) is 2.61. The number of methoxy groups -OCH3 is 1. The van der Waals surface area contributed by atoms with Crippen molar-refractivity contribution in [3.8, 4) is 5.75 Å². The van der Waals surface area contributed by atoms with Gasteiger partial charge >= 0.3 is 0 Å². The third kappa shape index (κ3) is 7.34. The van der Waals surface area contributed by atoms with Crippen molar-refractivity contribution in [1.29, 1.82) is 0 Å². The van der Waals surface area contributed by atoms with Crippen LogP contribution in [0.1, 0.15) is 31.7 Å². The fourth-order valence-corrected chi connectivity index (χ4v) is 1.84. The molecular formula is C16H24N2O3. The van der Waals surface area contributed by atoms with Crippen LogP contribution in [0.3, 0.4) is 0 Å². The maximum atomic E-state index is 11.6. The Kier molecular flexibility index (Phi) is 7.94. The summed E-state index contributed by atoms with van der Waals surface area (Å²) >= 11 is 0. The summed E-state index contributed by atoms with van der Waals surface area (Å²) in [5, 5.41) is 5.40. The molecule has 0 aliphatic carbocycles. The van der Waals surface area contributed by atoms with Crippen molar-refractivity contribution in [2.24, 2.45) is 0 Å². The molecule has 0 radical (unpaired) electrons. The summed E-state index contributed by atoms with van der Waals surface area (Å²) in [6.07, 6.45) is 3.03. The third-order valence-electron chi connectivity index (χ3n) is 3.07. The molecule has 0 atom stereocenters. The first-order valence-electron chi connectivity index (χ1n) is 7.32. The van der Waals surface area contributed by atoms with Crippen LogP contribution in [0, 0.1) is 0 Å². The summed E-state index contributed by atoms with van der Waals surface area (Å²) in [5.74, 6) is 0.574. The van der Waals surface area contributed by atoms with Crippen LogP contribution in [-0.2, 0) is 16.0 Å². The van der Waals surface area contributed by atoms with Crippen LogP contribution in [-0.4, -0.2) is 32.0 Å². The van der Waals surface area contributed by atoms with Crippen LogP contribution in [0.4, 0.5) is 0 Å². The summed E-state index contributed by atoms with van der Waals surface area (Å²) in [5.41, 5.74) is 1.10. The Morgan fingerprint density at radius 3 is 2.71 bits per heavy atom. The summed E-state index contributed by atoms with van der Waals surface area (Å²) < 4.78 is 5.14. The third-order valence-corrected chi connectivity index (χ3v) is 3.07. The van der Waals surface area contributed by atoms with Gasteiger partial charge in [0.25, 0.3) is 0 Å². The zero-order chi connectivity index (χ0) is 15.5. The van der Waals surface area contributed by atoms with Crippen molar-refractivity contribution in [2.45, 2.75) is 32.6 Å². The number of amides is 2. The number of hydrogen-bond donors (Lipinski definition) is 2. The molecule has 0 aliphatic rings. The lowest BCUT2D eigenvalue weighted by Crippen LogP contribution is -2.37. The van der Waals surface area contributed by atoms with Crippen LogP contribution < -0.4 is 15.4 Å². The maximum absolute atomic E-state index is 11.6. The minimum atomic E-state index is -0.164. The van der Waals surface area contributed by atoms with Gasteiger partial charge in [0.1, 0.15) is 5.75 Å². The molecule has 5 nitrogen and oxygen atoms in total. The molecule has 1 rings (SSSR count). The Labute approximate surface area is 126 Å². The molecule has 0 bridgehead atoms. The smallest absolute Gasteiger partial charge is 0.239 e. The number of rotatable bonds is 9. The first-order valence-corrected chi connectivity index (χ1v) is 7.32. The van der Waals surface area contributed by atoms with Gasteiger partial charge in [-0.1, -0.05) is 25.5 Å². The molecule has 1 aromatic rings. The fraction of sp³-hybridized carbons (Fsp3) is 0.500. The van der Waals surface area contributed by atoms with Crippen LogP contribution in [0.5, 0.6) is 5.75 Å². The number of carbonyl (C=O) groups excluding carboxylic acids is 2. The minimum Gasteiger partial charge on any atom is -0.497 e. The Bertz CT molecular complexity index is 461. The maximum Gasteiger partial charge on any atom is 0.239 e. The van der Waals surface area contributed by atoms with E-state index in [4.69, 9.17) is 4.74 Å². The topological polar surface area (TPSA) is 67.4 Å². The lowest BCUT2D eigenvalue weighted by atomic mass is 10.1. The Balaban J connectivity index is 2.19. The van der Waals surface area contributed by atoms with Crippen LogP contribution >= 0.6 is 0 Å². The van der Waals surface area contributed by atoms with Gasteiger partial charge in [-0.2, -0.15) is 0 Å². The molecule has 0 heterocycles. The van der Waals surface area contributed by atoms with Gasteiger partial charge in [0.2, 0.25) is 11.8 Å². The predicted octanol–water partition coefficient (Wildman–Crippen LogP) is 1.66. The quantitative estimate of drug-likeness (QED) is 0.727. The number of unbranched alkanes of at least 4 members (excludes halogenated alkanes) is 1. The molecule has 2 amide bonds. The summed E-state index contributed by atoms with van der Waals surface area (Å²) in [7, 11) is 1.63. The SMILES string of the molecule is CCCCC(=O)NCC(=O)NCCc1cccc(OC)c1. The molecule has 0 fully saturated rings. The highest BCUT2D eigenvalue weighted by Crippen LogP contribution is 2.12. The summed E-state index contributed by atoms with van der Waals surface area (Å²) in [4.78, 5) is 23.0. The van der Waals surface area contributed by atoms with Gasteiger partial charge in [-0.05, 0) is 30.5 Å². The molecule has 0 aliphatic heterocycles. The fourth-order valence-electron chi connectivity index (χ4n) is 1.84. The number of carbonyl (C=O) groups is 2. The van der Waals surface area contributed by atoms with Crippen molar-refractivity contribution < 1.29 is 14.3 Å². The first-order chi connectivity index (χ1) is 10.2. The largest absolute Gasteiger partial charge is 0.497 e. The second kappa shape index (κ2) is 9.80. The van der Waals surface area contributed by atoms with E-state index in [1.807, 2.05) is 31.2 Å². The summed E-state index contributed by atoms with van der Waals surface area (Å²) in [6, 6.07) is 7.73. The normalized spacial score (nSPS) is 10.0. The average Bonchev–Trinajstić information content (AvgIpc) is 2.51. The van der Waals surface area contributed by atoms with E-state index < -0.39 is 0 Å². The highest BCUT2D eigenvalue weighted by molar-refractivity contribution is 5.84. The number of ether oxygens (including phenoxy) is 1. The van der Waals surface area contributed by atoms with E-state index in [-0.39, 0.29) is 18.4 Å². The van der Waals surface area contributed by atoms with E-state index in [0.717, 1.165) is 30.6 Å². The lowest BCUT2D eigenvalue weighted by Gasteiger charge is -2.08. The molecule has 0 spiro atoms. The molecular weight excluding hydrogens is 268 g/mol. The van der Waals surface area contributed by atoms with Crippen molar-refractivity contribution in [2.75, 3.05) is 20.2 Å². The molecule has 0 aromatic heterocycles. The Morgan fingerprint density at radius 1 is 1.19 bits per heavy atom. The van der Waals surface area contributed by atoms with E-state index >= 15 is 0 Å². The van der Waals surface area contributed by atoms with Crippen molar-refractivity contribution in [3.63, 3.8) is 0 Å². The number of hydrogen-bond acceptors (Lipinski definition) is 3. The highest BCUT2D eigenvalue weighted by atomic mass is 16.5. The van der Waals surface area contributed by atoms with Gasteiger partial charge in [-0.15, -0.1) is 0 Å². The van der Waals surface area contributed by atoms with Crippen LogP contribution in [0.15, 0.2) is 24.3 Å². The van der Waals surface area contributed by atoms with Gasteiger partial charge in [0.15, 0.2) is 0 Å². The van der Waals surface area contributed by atoms with Gasteiger partial charge in [-0.3, -0.25) is 9.59 Å². The van der Waals surface area contributed by atoms with Gasteiger partial charge in [0, 0.05) is 13.0 Å². The predicted molar refractivity (Wildman–Crippen MR) is 82.2 cm³/mol. The zero-order valence-corrected chi connectivity index (χ0v) is 12.8. The molecule has 2 N–H and O–H groups in total. The molecule has 5 heteroatoms. The Hall–Kier alpha value is -2.04. The standard InChI is InChI=1S/C16H24N2O3/c1-3-4-8-15(19)18-12-16(20)17-10-9-13-6-5-7-14(11-13)21-2/h5-7,11H,3-4,8-10,12H2,1-2H3,(H,17,20)(H,18,19). The molecule has 0 saturated carbocycles. The second-order valence-electron chi connectivity index (χ2n) is 4.83. The molecule has 0 unspecified atom stereocenters. The lowest BCUT2D eigenvalue weighted by molar-refractivity contribution is -0.126. The van der Waals surface area contributed by atoms with E-state index in [0.29, 0.717) is 13.0 Å². The highest BCUT2D eigenvalue weighted by Gasteiger charge is 2.04. The Morgan fingerprint density at radius 2 is 2.00 bits per heavy atom.